The van der Waals surface area contributed by atoms with Crippen LogP contribution in [0.5, 0.6) is 0 Å². The average molecular weight is 146 g/mol. The highest BCUT2D eigenvalue weighted by Gasteiger charge is 2.13. The predicted molar refractivity (Wildman–Crippen MR) is 34.1 cm³/mol. The average Bonchev–Trinajstić information content (AvgIpc) is 2.37. The molecule has 1 aliphatic heterocycles. The van der Waals surface area contributed by atoms with Crippen molar-refractivity contribution in [3.05, 3.63) is 12.4 Å². The van der Waals surface area contributed by atoms with Gasteiger partial charge < -0.3 is 9.46 Å². The van der Waals surface area contributed by atoms with E-state index in [9.17, 15) is 4.79 Å². The van der Waals surface area contributed by atoms with Gasteiger partial charge in [0.25, 0.3) is 0 Å². The number of ether oxygens (including phenoxy) is 1. The van der Waals surface area contributed by atoms with Crippen LogP contribution in [-0.4, -0.2) is 17.5 Å². The molecule has 0 radical (unpaired) electrons. The van der Waals surface area contributed by atoms with E-state index in [0.29, 0.717) is 0 Å². The molecule has 1 rings (SSSR count). The summed E-state index contributed by atoms with van der Waals surface area (Å²) in [6, 6.07) is 0. The van der Waals surface area contributed by atoms with E-state index >= 15 is 0 Å². The molecule has 1 aliphatic rings. The van der Waals surface area contributed by atoms with Gasteiger partial charge in [0.05, 0.1) is 19.2 Å². The summed E-state index contributed by atoms with van der Waals surface area (Å²) in [5.74, 6) is 0. The largest absolute Gasteiger partial charge is 0.452 e. The Kier molecular flexibility index (Phi) is 1.84. The van der Waals surface area contributed by atoms with Crippen molar-refractivity contribution in [3.63, 3.8) is 0 Å². The Morgan fingerprint density at radius 3 is 3.11 bits per heavy atom. The molecule has 0 aromatic carbocycles. The van der Waals surface area contributed by atoms with Gasteiger partial charge in [-0.1, -0.05) is 0 Å². The van der Waals surface area contributed by atoms with Gasteiger partial charge in [-0.25, -0.2) is 9.10 Å². The standard InChI is InChI=1S/C4H6N2O2S/c1-8-4(7)6-3-2-5-9-6/h2-3,5H,1H3. The topological polar surface area (TPSA) is 41.6 Å². The summed E-state index contributed by atoms with van der Waals surface area (Å²) in [6.07, 6.45) is 2.87. The second-order valence-corrected chi connectivity index (χ2v) is 2.13. The molecule has 1 N–H and O–H groups in total. The van der Waals surface area contributed by atoms with Crippen LogP contribution in [0.4, 0.5) is 4.79 Å². The Balaban J connectivity index is 2.43. The van der Waals surface area contributed by atoms with Gasteiger partial charge in [-0.2, -0.15) is 0 Å². The summed E-state index contributed by atoms with van der Waals surface area (Å²) < 4.78 is 8.50. The summed E-state index contributed by atoms with van der Waals surface area (Å²) in [6.45, 7) is 0. The molecule has 4 nitrogen and oxygen atoms in total. The van der Waals surface area contributed by atoms with Crippen LogP contribution < -0.4 is 4.72 Å². The highest BCUT2D eigenvalue weighted by molar-refractivity contribution is 7.96. The number of hydrogen-bond acceptors (Lipinski definition) is 4. The molecular formula is C4H6N2O2S. The lowest BCUT2D eigenvalue weighted by Crippen LogP contribution is -2.16. The first-order valence-electron chi connectivity index (χ1n) is 2.31. The lowest BCUT2D eigenvalue weighted by Gasteiger charge is -2.06. The third-order valence-electron chi connectivity index (χ3n) is 0.784. The molecule has 0 aliphatic carbocycles. The fourth-order valence-corrected chi connectivity index (χ4v) is 0.910. The first-order chi connectivity index (χ1) is 4.34. The molecule has 0 aromatic heterocycles. The molecule has 1 heterocycles. The highest BCUT2D eigenvalue weighted by Crippen LogP contribution is 2.12. The minimum atomic E-state index is -0.374. The van der Waals surface area contributed by atoms with Crippen molar-refractivity contribution in [2.45, 2.75) is 0 Å². The van der Waals surface area contributed by atoms with E-state index in [-0.39, 0.29) is 6.09 Å². The Bertz CT molecular complexity index is 148. The zero-order valence-corrected chi connectivity index (χ0v) is 5.64. The van der Waals surface area contributed by atoms with E-state index in [2.05, 4.69) is 9.46 Å². The van der Waals surface area contributed by atoms with Crippen LogP contribution in [0, 0.1) is 0 Å². The van der Waals surface area contributed by atoms with Crippen LogP contribution in [-0.2, 0) is 4.74 Å². The summed E-state index contributed by atoms with van der Waals surface area (Å²) in [7, 11) is 1.34. The maximum Gasteiger partial charge on any atom is 0.425 e. The highest BCUT2D eigenvalue weighted by atomic mass is 32.2. The second-order valence-electron chi connectivity index (χ2n) is 1.32. The lowest BCUT2D eigenvalue weighted by molar-refractivity contribution is 0.161. The van der Waals surface area contributed by atoms with E-state index in [1.165, 1.54) is 23.5 Å². The van der Waals surface area contributed by atoms with Gasteiger partial charge in [0.2, 0.25) is 0 Å². The van der Waals surface area contributed by atoms with Crippen LogP contribution >= 0.6 is 12.1 Å². The van der Waals surface area contributed by atoms with Gasteiger partial charge in [0.15, 0.2) is 0 Å². The molecule has 5 heteroatoms. The zero-order valence-electron chi connectivity index (χ0n) is 4.83. The number of nitrogens with zero attached hydrogens (tertiary/aromatic N) is 1. The molecule has 50 valence electrons. The van der Waals surface area contributed by atoms with Crippen molar-refractivity contribution in [1.82, 2.24) is 9.03 Å². The molecule has 0 saturated heterocycles. The van der Waals surface area contributed by atoms with Crippen molar-refractivity contribution < 1.29 is 9.53 Å². The van der Waals surface area contributed by atoms with Crippen molar-refractivity contribution >= 4 is 18.2 Å². The maximum absolute atomic E-state index is 10.6. The van der Waals surface area contributed by atoms with E-state index in [0.717, 1.165) is 0 Å². The predicted octanol–water partition coefficient (Wildman–Crippen LogP) is 0.692. The number of amides is 1. The van der Waals surface area contributed by atoms with Crippen LogP contribution in [0.1, 0.15) is 0 Å². The minimum Gasteiger partial charge on any atom is -0.452 e. The maximum atomic E-state index is 10.6. The lowest BCUT2D eigenvalue weighted by atomic mass is 10.9. The van der Waals surface area contributed by atoms with Gasteiger partial charge >= 0.3 is 6.09 Å². The van der Waals surface area contributed by atoms with Crippen LogP contribution in [0.25, 0.3) is 0 Å². The molecule has 0 bridgehead atoms. The van der Waals surface area contributed by atoms with Gasteiger partial charge in [0, 0.05) is 12.4 Å². The van der Waals surface area contributed by atoms with E-state index in [1.807, 2.05) is 0 Å². The first-order valence-corrected chi connectivity index (χ1v) is 3.08. The summed E-state index contributed by atoms with van der Waals surface area (Å²) in [5.41, 5.74) is 0. The fourth-order valence-electron chi connectivity index (χ4n) is 0.404. The number of nitrogens with one attached hydrogen (secondary N) is 1. The summed E-state index contributed by atoms with van der Waals surface area (Å²) >= 11 is 1.17. The smallest absolute Gasteiger partial charge is 0.425 e. The number of carbonyl (C=O) groups excluding carboxylic acids is 1. The number of hydrogen-bond donors (Lipinski definition) is 1. The normalized spacial score (nSPS) is 15.4. The van der Waals surface area contributed by atoms with Crippen molar-refractivity contribution in [2.24, 2.45) is 0 Å². The van der Waals surface area contributed by atoms with Gasteiger partial charge in [-0.3, -0.25) is 0 Å². The Hall–Kier alpha value is -0.840. The van der Waals surface area contributed by atoms with Gasteiger partial charge in [0.1, 0.15) is 0 Å². The fraction of sp³-hybridized carbons (Fsp3) is 0.250. The van der Waals surface area contributed by atoms with Crippen LogP contribution in [0.15, 0.2) is 12.4 Å². The summed E-state index contributed by atoms with van der Waals surface area (Å²) in [5, 5.41) is 0. The molecular weight excluding hydrogens is 140 g/mol. The molecule has 0 spiro atoms. The number of methoxy groups -OCH3 is 1. The Morgan fingerprint density at radius 2 is 2.67 bits per heavy atom. The van der Waals surface area contributed by atoms with Gasteiger partial charge in [-0.15, -0.1) is 0 Å². The first kappa shape index (κ1) is 6.28. The van der Waals surface area contributed by atoms with Crippen molar-refractivity contribution in [3.8, 4) is 0 Å². The number of rotatable bonds is 0. The second kappa shape index (κ2) is 2.63. The Morgan fingerprint density at radius 1 is 1.89 bits per heavy atom. The van der Waals surface area contributed by atoms with E-state index in [4.69, 9.17) is 0 Å². The third-order valence-corrected chi connectivity index (χ3v) is 1.49. The molecule has 0 unspecified atom stereocenters. The number of carbonyl (C=O) groups is 1. The van der Waals surface area contributed by atoms with Crippen molar-refractivity contribution in [1.29, 1.82) is 0 Å². The van der Waals surface area contributed by atoms with Crippen molar-refractivity contribution in [2.75, 3.05) is 7.11 Å². The van der Waals surface area contributed by atoms with E-state index in [1.54, 1.807) is 12.4 Å². The molecule has 0 aromatic rings. The molecule has 0 fully saturated rings. The molecule has 1 amide bonds. The quantitative estimate of drug-likeness (QED) is 0.510. The monoisotopic (exact) mass is 146 g/mol. The van der Waals surface area contributed by atoms with Gasteiger partial charge in [-0.05, 0) is 0 Å². The molecule has 0 saturated carbocycles. The van der Waals surface area contributed by atoms with Crippen LogP contribution in [0.3, 0.4) is 0 Å². The Labute approximate surface area is 57.1 Å². The third kappa shape index (κ3) is 1.29. The minimum absolute atomic E-state index is 0.374. The summed E-state index contributed by atoms with van der Waals surface area (Å²) in [4.78, 5) is 10.6. The zero-order chi connectivity index (χ0) is 6.69. The van der Waals surface area contributed by atoms with E-state index < -0.39 is 0 Å². The molecule has 0 atom stereocenters. The van der Waals surface area contributed by atoms with Crippen LogP contribution in [0.2, 0.25) is 0 Å². The SMILES string of the molecule is COC(=O)N1C=CNS1. The molecule has 9 heavy (non-hydrogen) atoms.